The van der Waals surface area contributed by atoms with Crippen LogP contribution in [0.25, 0.3) is 0 Å². The number of hydrogen-bond acceptors (Lipinski definition) is 3. The molecule has 1 aliphatic heterocycles. The van der Waals surface area contributed by atoms with E-state index < -0.39 is 17.3 Å². The molecule has 1 amide bonds. The third-order valence-electron chi connectivity index (χ3n) is 3.33. The molecule has 1 aromatic rings. The van der Waals surface area contributed by atoms with E-state index in [0.717, 1.165) is 31.6 Å². The quantitative estimate of drug-likeness (QED) is 0.782. The fraction of sp³-hybridized carbons (Fsp3) is 0.462. The molecule has 0 bridgehead atoms. The number of carbonyl (C=O) groups is 1. The molecule has 1 fully saturated rings. The van der Waals surface area contributed by atoms with E-state index in [4.69, 9.17) is 5.73 Å². The molecule has 0 aliphatic carbocycles. The van der Waals surface area contributed by atoms with Gasteiger partial charge in [0.25, 0.3) is 5.91 Å². The van der Waals surface area contributed by atoms with Crippen molar-refractivity contribution in [2.75, 3.05) is 39.0 Å². The van der Waals surface area contributed by atoms with Crippen LogP contribution in [0.3, 0.4) is 0 Å². The molecule has 6 heteroatoms. The van der Waals surface area contributed by atoms with Gasteiger partial charge in [0, 0.05) is 25.2 Å². The Morgan fingerprint density at radius 1 is 1.16 bits per heavy atom. The van der Waals surface area contributed by atoms with Gasteiger partial charge in [-0.05, 0) is 32.1 Å². The SMILES string of the molecule is CN1CCCN(C(=O)c2cc(F)c(N)c(F)c2)CC1. The Bertz CT molecular complexity index is 470. The number of amides is 1. The van der Waals surface area contributed by atoms with Crippen molar-refractivity contribution in [2.24, 2.45) is 0 Å². The van der Waals surface area contributed by atoms with Crippen LogP contribution >= 0.6 is 0 Å². The van der Waals surface area contributed by atoms with Gasteiger partial charge in [-0.1, -0.05) is 0 Å². The maximum Gasteiger partial charge on any atom is 0.254 e. The molecule has 1 heterocycles. The highest BCUT2D eigenvalue weighted by atomic mass is 19.1. The van der Waals surface area contributed by atoms with Crippen molar-refractivity contribution in [3.63, 3.8) is 0 Å². The average Bonchev–Trinajstić information content (AvgIpc) is 2.59. The summed E-state index contributed by atoms with van der Waals surface area (Å²) in [6, 6.07) is 1.99. The Morgan fingerprint density at radius 2 is 1.79 bits per heavy atom. The van der Waals surface area contributed by atoms with E-state index in [1.165, 1.54) is 0 Å². The number of benzene rings is 1. The van der Waals surface area contributed by atoms with Crippen LogP contribution in [0.5, 0.6) is 0 Å². The van der Waals surface area contributed by atoms with Crippen molar-refractivity contribution in [1.29, 1.82) is 0 Å². The molecule has 1 aromatic carbocycles. The molecule has 0 radical (unpaired) electrons. The van der Waals surface area contributed by atoms with Gasteiger partial charge >= 0.3 is 0 Å². The summed E-state index contributed by atoms with van der Waals surface area (Å²) in [5.41, 5.74) is 4.65. The van der Waals surface area contributed by atoms with Crippen LogP contribution in [-0.2, 0) is 0 Å². The zero-order chi connectivity index (χ0) is 14.0. The lowest BCUT2D eigenvalue weighted by Crippen LogP contribution is -2.34. The lowest BCUT2D eigenvalue weighted by Gasteiger charge is -2.20. The van der Waals surface area contributed by atoms with Crippen molar-refractivity contribution < 1.29 is 13.6 Å². The minimum absolute atomic E-state index is 0.00810. The van der Waals surface area contributed by atoms with Crippen molar-refractivity contribution >= 4 is 11.6 Å². The maximum absolute atomic E-state index is 13.4. The number of nitrogens with two attached hydrogens (primary N) is 1. The first-order valence-corrected chi connectivity index (χ1v) is 6.21. The first-order valence-electron chi connectivity index (χ1n) is 6.21. The zero-order valence-corrected chi connectivity index (χ0v) is 10.8. The van der Waals surface area contributed by atoms with Gasteiger partial charge in [-0.2, -0.15) is 0 Å². The molecule has 104 valence electrons. The minimum Gasteiger partial charge on any atom is -0.394 e. The Labute approximate surface area is 110 Å². The number of rotatable bonds is 1. The molecule has 1 aliphatic rings. The predicted octanol–water partition coefficient (Wildman–Crippen LogP) is 1.32. The number of nitrogen functional groups attached to an aromatic ring is 1. The van der Waals surface area contributed by atoms with Crippen molar-refractivity contribution in [1.82, 2.24) is 9.80 Å². The summed E-state index contributed by atoms with van der Waals surface area (Å²) in [7, 11) is 1.98. The first kappa shape index (κ1) is 13.7. The van der Waals surface area contributed by atoms with E-state index in [2.05, 4.69) is 4.90 Å². The predicted molar refractivity (Wildman–Crippen MR) is 68.8 cm³/mol. The Kier molecular flexibility index (Phi) is 3.99. The van der Waals surface area contributed by atoms with Crippen molar-refractivity contribution in [2.45, 2.75) is 6.42 Å². The van der Waals surface area contributed by atoms with Gasteiger partial charge < -0.3 is 15.5 Å². The summed E-state index contributed by atoms with van der Waals surface area (Å²) in [5, 5.41) is 0. The standard InChI is InChI=1S/C13H17F2N3O/c1-17-3-2-4-18(6-5-17)13(19)9-7-10(14)12(16)11(15)8-9/h7-8H,2-6,16H2,1H3. The number of anilines is 1. The topological polar surface area (TPSA) is 49.6 Å². The Hall–Kier alpha value is -1.69. The Morgan fingerprint density at radius 3 is 2.42 bits per heavy atom. The van der Waals surface area contributed by atoms with E-state index in [1.807, 2.05) is 7.05 Å². The number of nitrogens with zero attached hydrogens (tertiary/aromatic N) is 2. The largest absolute Gasteiger partial charge is 0.394 e. The van der Waals surface area contributed by atoms with Gasteiger partial charge in [0.05, 0.1) is 0 Å². The van der Waals surface area contributed by atoms with Crippen LogP contribution in [0.1, 0.15) is 16.8 Å². The van der Waals surface area contributed by atoms with Crippen LogP contribution in [0.4, 0.5) is 14.5 Å². The van der Waals surface area contributed by atoms with Gasteiger partial charge in [0.1, 0.15) is 17.3 Å². The highest BCUT2D eigenvalue weighted by Gasteiger charge is 2.21. The van der Waals surface area contributed by atoms with Crippen LogP contribution in [-0.4, -0.2) is 48.9 Å². The first-order chi connectivity index (χ1) is 8.99. The van der Waals surface area contributed by atoms with E-state index in [1.54, 1.807) is 4.90 Å². The van der Waals surface area contributed by atoms with E-state index in [9.17, 15) is 13.6 Å². The summed E-state index contributed by atoms with van der Waals surface area (Å²) in [6.45, 7) is 2.82. The van der Waals surface area contributed by atoms with Crippen molar-refractivity contribution in [3.8, 4) is 0 Å². The molecule has 0 unspecified atom stereocenters. The molecule has 0 spiro atoms. The number of hydrogen-bond donors (Lipinski definition) is 1. The van der Waals surface area contributed by atoms with E-state index in [-0.39, 0.29) is 11.5 Å². The van der Waals surface area contributed by atoms with Crippen LogP contribution in [0.2, 0.25) is 0 Å². The van der Waals surface area contributed by atoms with Gasteiger partial charge in [-0.3, -0.25) is 4.79 Å². The van der Waals surface area contributed by atoms with Gasteiger partial charge in [-0.25, -0.2) is 8.78 Å². The number of likely N-dealkylation sites (N-methyl/N-ethyl adjacent to an activating group) is 1. The lowest BCUT2D eigenvalue weighted by molar-refractivity contribution is 0.0762. The molecule has 2 N–H and O–H groups in total. The fourth-order valence-corrected chi connectivity index (χ4v) is 2.14. The summed E-state index contributed by atoms with van der Waals surface area (Å²) < 4.78 is 26.7. The second kappa shape index (κ2) is 5.52. The minimum atomic E-state index is -0.893. The summed E-state index contributed by atoms with van der Waals surface area (Å²) >= 11 is 0. The van der Waals surface area contributed by atoms with Crippen LogP contribution in [0.15, 0.2) is 12.1 Å². The second-order valence-corrected chi connectivity index (χ2v) is 4.80. The van der Waals surface area contributed by atoms with Gasteiger partial charge in [0.15, 0.2) is 0 Å². The number of halogens is 2. The van der Waals surface area contributed by atoms with Crippen LogP contribution < -0.4 is 5.73 Å². The molecule has 0 aromatic heterocycles. The normalized spacial score (nSPS) is 17.3. The molecular formula is C13H17F2N3O. The third kappa shape index (κ3) is 3.01. The van der Waals surface area contributed by atoms with Crippen LogP contribution in [0, 0.1) is 11.6 Å². The van der Waals surface area contributed by atoms with Crippen molar-refractivity contribution in [3.05, 3.63) is 29.3 Å². The maximum atomic E-state index is 13.4. The summed E-state index contributed by atoms with van der Waals surface area (Å²) in [4.78, 5) is 15.9. The summed E-state index contributed by atoms with van der Waals surface area (Å²) in [5.74, 6) is -2.14. The monoisotopic (exact) mass is 269 g/mol. The van der Waals surface area contributed by atoms with Gasteiger partial charge in [-0.15, -0.1) is 0 Å². The molecule has 0 atom stereocenters. The third-order valence-corrected chi connectivity index (χ3v) is 3.33. The highest BCUT2D eigenvalue weighted by molar-refractivity contribution is 5.94. The number of carbonyl (C=O) groups excluding carboxylic acids is 1. The second-order valence-electron chi connectivity index (χ2n) is 4.80. The smallest absolute Gasteiger partial charge is 0.254 e. The van der Waals surface area contributed by atoms with E-state index in [0.29, 0.717) is 13.1 Å². The average molecular weight is 269 g/mol. The Balaban J connectivity index is 2.19. The molecular weight excluding hydrogens is 252 g/mol. The molecule has 1 saturated heterocycles. The molecule has 0 saturated carbocycles. The fourth-order valence-electron chi connectivity index (χ4n) is 2.14. The molecule has 4 nitrogen and oxygen atoms in total. The summed E-state index contributed by atoms with van der Waals surface area (Å²) in [6.07, 6.45) is 0.849. The lowest BCUT2D eigenvalue weighted by atomic mass is 10.1. The van der Waals surface area contributed by atoms with E-state index >= 15 is 0 Å². The zero-order valence-electron chi connectivity index (χ0n) is 10.8. The molecule has 2 rings (SSSR count). The van der Waals surface area contributed by atoms with Gasteiger partial charge in [0.2, 0.25) is 0 Å². The molecule has 19 heavy (non-hydrogen) atoms. The highest BCUT2D eigenvalue weighted by Crippen LogP contribution is 2.19.